The number of hydrogen-bond donors (Lipinski definition) is 2. The Morgan fingerprint density at radius 1 is 1.62 bits per heavy atom. The molecule has 86 valence electrons. The molecule has 1 aromatic heterocycles. The Morgan fingerprint density at radius 2 is 2.31 bits per heavy atom. The maximum atomic E-state index is 11.3. The number of fused-ring (bicyclic) bond motifs is 1. The second-order valence-corrected chi connectivity index (χ2v) is 4.88. The molecule has 0 amide bonds. The fourth-order valence-corrected chi connectivity index (χ4v) is 2.74. The molecule has 0 aliphatic heterocycles. The van der Waals surface area contributed by atoms with Gasteiger partial charge in [-0.25, -0.2) is 4.79 Å². The van der Waals surface area contributed by atoms with Gasteiger partial charge in [0.1, 0.15) is 5.54 Å². The average Bonchev–Trinajstić information content (AvgIpc) is 2.91. The number of nitrogens with two attached hydrogens (primary N) is 1. The average molecular weight is 221 g/mol. The van der Waals surface area contributed by atoms with Crippen LogP contribution in [0.15, 0.2) is 0 Å². The molecule has 1 saturated carbocycles. The van der Waals surface area contributed by atoms with Crippen LogP contribution in [0, 0.1) is 0 Å². The van der Waals surface area contributed by atoms with Crippen LogP contribution in [0.25, 0.3) is 0 Å². The first kappa shape index (κ1) is 9.84. The van der Waals surface area contributed by atoms with Crippen molar-refractivity contribution < 1.29 is 9.90 Å². The summed E-state index contributed by atoms with van der Waals surface area (Å²) in [5, 5.41) is 13.7. The lowest BCUT2D eigenvalue weighted by molar-refractivity contribution is -0.143. The van der Waals surface area contributed by atoms with Gasteiger partial charge in [0.15, 0.2) is 0 Å². The van der Waals surface area contributed by atoms with Crippen LogP contribution in [-0.2, 0) is 23.8 Å². The van der Waals surface area contributed by atoms with Gasteiger partial charge in [-0.05, 0) is 25.7 Å². The summed E-state index contributed by atoms with van der Waals surface area (Å²) in [4.78, 5) is 11.3. The second-order valence-electron chi connectivity index (χ2n) is 4.88. The molecule has 0 spiro atoms. The first-order valence-electron chi connectivity index (χ1n) is 5.62. The summed E-state index contributed by atoms with van der Waals surface area (Å²) in [7, 11) is 1.88. The van der Waals surface area contributed by atoms with E-state index in [-0.39, 0.29) is 0 Å². The highest BCUT2D eigenvalue weighted by molar-refractivity contribution is 5.82. The van der Waals surface area contributed by atoms with Crippen LogP contribution in [0.1, 0.15) is 42.1 Å². The number of aromatic nitrogens is 2. The molecule has 5 heteroatoms. The molecule has 1 heterocycles. The lowest BCUT2D eigenvalue weighted by Gasteiger charge is -2.20. The molecule has 16 heavy (non-hydrogen) atoms. The van der Waals surface area contributed by atoms with Crippen LogP contribution in [0.5, 0.6) is 0 Å². The maximum absolute atomic E-state index is 11.3. The zero-order valence-corrected chi connectivity index (χ0v) is 9.23. The van der Waals surface area contributed by atoms with Crippen LogP contribution < -0.4 is 5.73 Å². The van der Waals surface area contributed by atoms with Crippen molar-refractivity contribution in [3.8, 4) is 0 Å². The van der Waals surface area contributed by atoms with Crippen molar-refractivity contribution in [3.63, 3.8) is 0 Å². The summed E-state index contributed by atoms with van der Waals surface area (Å²) in [5.41, 5.74) is 7.57. The Morgan fingerprint density at radius 3 is 2.88 bits per heavy atom. The first-order valence-corrected chi connectivity index (χ1v) is 5.62. The van der Waals surface area contributed by atoms with Crippen LogP contribution >= 0.6 is 0 Å². The molecule has 2 aliphatic carbocycles. The monoisotopic (exact) mass is 221 g/mol. The lowest BCUT2D eigenvalue weighted by atomic mass is 9.91. The normalized spacial score (nSPS) is 28.1. The van der Waals surface area contributed by atoms with E-state index in [0.29, 0.717) is 18.8 Å². The zero-order valence-electron chi connectivity index (χ0n) is 9.23. The summed E-state index contributed by atoms with van der Waals surface area (Å²) >= 11 is 0. The largest absolute Gasteiger partial charge is 0.480 e. The van der Waals surface area contributed by atoms with Crippen molar-refractivity contribution in [3.05, 3.63) is 17.0 Å². The first-order chi connectivity index (χ1) is 7.54. The van der Waals surface area contributed by atoms with Crippen molar-refractivity contribution in [2.75, 3.05) is 0 Å². The molecule has 0 radical (unpaired) electrons. The standard InChI is InChI=1S/C11H15N3O2/c1-14-9(6-2-3-6)8-7(13-14)4-5-11(8,12)10(15)16/h6H,2-5,12H2,1H3,(H,15,16). The molecule has 1 aromatic rings. The lowest BCUT2D eigenvalue weighted by Crippen LogP contribution is -2.43. The predicted molar refractivity (Wildman–Crippen MR) is 57.0 cm³/mol. The molecule has 1 atom stereocenters. The van der Waals surface area contributed by atoms with Crippen LogP contribution in [0.3, 0.4) is 0 Å². The third-order valence-electron chi connectivity index (χ3n) is 3.71. The quantitative estimate of drug-likeness (QED) is 0.761. The molecule has 5 nitrogen and oxygen atoms in total. The molecule has 0 bridgehead atoms. The zero-order chi connectivity index (χ0) is 11.5. The minimum Gasteiger partial charge on any atom is -0.480 e. The number of carboxylic acid groups (broad SMARTS) is 1. The highest BCUT2D eigenvalue weighted by Gasteiger charge is 2.48. The third kappa shape index (κ3) is 1.09. The van der Waals surface area contributed by atoms with Gasteiger partial charge in [0.2, 0.25) is 0 Å². The van der Waals surface area contributed by atoms with Crippen LogP contribution in [0.4, 0.5) is 0 Å². The molecule has 3 rings (SSSR count). The Balaban J connectivity index is 2.19. The van der Waals surface area contributed by atoms with Gasteiger partial charge < -0.3 is 10.8 Å². The molecule has 0 saturated heterocycles. The minimum absolute atomic E-state index is 0.473. The van der Waals surface area contributed by atoms with Gasteiger partial charge in [-0.1, -0.05) is 0 Å². The summed E-state index contributed by atoms with van der Waals surface area (Å²) in [5.74, 6) is -0.456. The highest BCUT2D eigenvalue weighted by atomic mass is 16.4. The minimum atomic E-state index is -1.21. The van der Waals surface area contributed by atoms with Crippen molar-refractivity contribution in [2.24, 2.45) is 12.8 Å². The van der Waals surface area contributed by atoms with E-state index in [2.05, 4.69) is 5.10 Å². The SMILES string of the molecule is Cn1nc2c(c1C1CC1)C(N)(C(=O)O)CC2. The maximum Gasteiger partial charge on any atom is 0.328 e. The number of carbonyl (C=O) groups is 1. The summed E-state index contributed by atoms with van der Waals surface area (Å²) in [6.07, 6.45) is 3.41. The van der Waals surface area contributed by atoms with E-state index in [1.54, 1.807) is 0 Å². The van der Waals surface area contributed by atoms with Crippen LogP contribution in [0.2, 0.25) is 0 Å². The Kier molecular flexibility index (Phi) is 1.75. The fourth-order valence-electron chi connectivity index (χ4n) is 2.74. The fraction of sp³-hybridized carbons (Fsp3) is 0.636. The van der Waals surface area contributed by atoms with Crippen molar-refractivity contribution >= 4 is 5.97 Å². The van der Waals surface area contributed by atoms with Gasteiger partial charge in [0, 0.05) is 24.2 Å². The summed E-state index contributed by atoms with van der Waals surface area (Å²) < 4.78 is 1.83. The molecule has 2 aliphatic rings. The number of hydrogen-bond acceptors (Lipinski definition) is 3. The van der Waals surface area contributed by atoms with Gasteiger partial charge in [0.25, 0.3) is 0 Å². The molecule has 1 unspecified atom stereocenters. The molecule has 3 N–H and O–H groups in total. The molecular weight excluding hydrogens is 206 g/mol. The van der Waals surface area contributed by atoms with E-state index < -0.39 is 11.5 Å². The van der Waals surface area contributed by atoms with Gasteiger partial charge in [0.05, 0.1) is 5.69 Å². The predicted octanol–water partition coefficient (Wildman–Crippen LogP) is 0.482. The van der Waals surface area contributed by atoms with Gasteiger partial charge in [-0.2, -0.15) is 5.10 Å². The number of carboxylic acids is 1. The van der Waals surface area contributed by atoms with Crippen LogP contribution in [-0.4, -0.2) is 20.9 Å². The van der Waals surface area contributed by atoms with Gasteiger partial charge >= 0.3 is 5.97 Å². The van der Waals surface area contributed by atoms with Crippen molar-refractivity contribution in [2.45, 2.75) is 37.1 Å². The van der Waals surface area contributed by atoms with E-state index in [9.17, 15) is 9.90 Å². The highest BCUT2D eigenvalue weighted by Crippen LogP contribution is 2.47. The van der Waals surface area contributed by atoms with E-state index in [1.807, 2.05) is 11.7 Å². The number of nitrogens with zero attached hydrogens (tertiary/aromatic N) is 2. The second kappa shape index (κ2) is 2.85. The Bertz CT molecular complexity index is 476. The number of aryl methyl sites for hydroxylation is 2. The van der Waals surface area contributed by atoms with E-state index >= 15 is 0 Å². The molecular formula is C11H15N3O2. The smallest absolute Gasteiger partial charge is 0.328 e. The Labute approximate surface area is 93.2 Å². The van der Waals surface area contributed by atoms with Gasteiger partial charge in [-0.3, -0.25) is 4.68 Å². The van der Waals surface area contributed by atoms with Crippen molar-refractivity contribution in [1.29, 1.82) is 0 Å². The number of aliphatic carboxylic acids is 1. The Hall–Kier alpha value is -1.36. The summed E-state index contributed by atoms with van der Waals surface area (Å²) in [6.45, 7) is 0. The topological polar surface area (TPSA) is 81.1 Å². The molecule has 0 aromatic carbocycles. The number of rotatable bonds is 2. The van der Waals surface area contributed by atoms with Gasteiger partial charge in [-0.15, -0.1) is 0 Å². The van der Waals surface area contributed by atoms with Crippen molar-refractivity contribution in [1.82, 2.24) is 9.78 Å². The summed E-state index contributed by atoms with van der Waals surface area (Å²) in [6, 6.07) is 0. The molecule has 1 fully saturated rings. The van der Waals surface area contributed by atoms with E-state index in [0.717, 1.165) is 29.8 Å². The third-order valence-corrected chi connectivity index (χ3v) is 3.71. The van der Waals surface area contributed by atoms with E-state index in [1.165, 1.54) is 0 Å². The van der Waals surface area contributed by atoms with E-state index in [4.69, 9.17) is 5.73 Å².